The summed E-state index contributed by atoms with van der Waals surface area (Å²) in [6, 6.07) is 18.8. The first-order valence-electron chi connectivity index (χ1n) is 11.6. The van der Waals surface area contributed by atoms with Crippen molar-refractivity contribution in [1.29, 1.82) is 0 Å². The molecule has 0 aromatic heterocycles. The Morgan fingerprint density at radius 3 is 1.92 bits per heavy atom. The van der Waals surface area contributed by atoms with Gasteiger partial charge in [0.15, 0.2) is 11.6 Å². The standard InChI is InChI=1S/C30H22O8/c31-18-5-3-17(4-6-18)30-28(29(37)22-10-8-20(33)15-26(22)36)23-13-16(2-12-27(23)38-30)1-11-24(34)21-9-7-19(32)14-25(21)35/h1-15,28,30-33,35-36H/t28-,30-/m0/s1. The van der Waals surface area contributed by atoms with Crippen molar-refractivity contribution in [3.8, 4) is 34.5 Å². The van der Waals surface area contributed by atoms with Crippen LogP contribution in [0, 0.1) is 0 Å². The largest absolute Gasteiger partial charge is 0.508 e. The molecule has 0 bridgehead atoms. The molecule has 4 aromatic rings. The highest BCUT2D eigenvalue weighted by Crippen LogP contribution is 2.49. The van der Waals surface area contributed by atoms with Gasteiger partial charge in [-0.3, -0.25) is 9.59 Å². The topological polar surface area (TPSA) is 145 Å². The second-order valence-electron chi connectivity index (χ2n) is 8.87. The molecule has 1 heterocycles. The van der Waals surface area contributed by atoms with Gasteiger partial charge in [-0.25, -0.2) is 0 Å². The summed E-state index contributed by atoms with van der Waals surface area (Å²) >= 11 is 0. The monoisotopic (exact) mass is 510 g/mol. The van der Waals surface area contributed by atoms with Gasteiger partial charge in [0.2, 0.25) is 0 Å². The first-order chi connectivity index (χ1) is 18.2. The minimum atomic E-state index is -0.879. The smallest absolute Gasteiger partial charge is 0.189 e. The molecule has 0 saturated heterocycles. The van der Waals surface area contributed by atoms with Crippen molar-refractivity contribution >= 4 is 17.6 Å². The molecule has 0 fully saturated rings. The van der Waals surface area contributed by atoms with Crippen LogP contribution >= 0.6 is 0 Å². The van der Waals surface area contributed by atoms with Crippen molar-refractivity contribution in [3.05, 3.63) is 113 Å². The zero-order chi connectivity index (χ0) is 27.0. The fourth-order valence-corrected chi connectivity index (χ4v) is 4.48. The molecule has 0 unspecified atom stereocenters. The van der Waals surface area contributed by atoms with Crippen molar-refractivity contribution in [2.75, 3.05) is 0 Å². The van der Waals surface area contributed by atoms with Crippen molar-refractivity contribution in [3.63, 3.8) is 0 Å². The number of hydrogen-bond donors (Lipinski definition) is 5. The molecule has 5 N–H and O–H groups in total. The molecule has 4 aromatic carbocycles. The van der Waals surface area contributed by atoms with E-state index in [4.69, 9.17) is 4.74 Å². The average molecular weight is 510 g/mol. The highest BCUT2D eigenvalue weighted by molar-refractivity contribution is 6.09. The predicted molar refractivity (Wildman–Crippen MR) is 138 cm³/mol. The lowest BCUT2D eigenvalue weighted by molar-refractivity contribution is 0.0892. The van der Waals surface area contributed by atoms with Crippen LogP contribution in [0.2, 0.25) is 0 Å². The lowest BCUT2D eigenvalue weighted by Gasteiger charge is -2.19. The van der Waals surface area contributed by atoms with Gasteiger partial charge in [0, 0.05) is 17.7 Å². The summed E-state index contributed by atoms with van der Waals surface area (Å²) in [6.07, 6.45) is 2.03. The molecule has 0 spiro atoms. The minimum Gasteiger partial charge on any atom is -0.508 e. The van der Waals surface area contributed by atoms with E-state index in [1.165, 1.54) is 48.6 Å². The Labute approximate surface area is 217 Å². The predicted octanol–water partition coefficient (Wildman–Crippen LogP) is 5.21. The second kappa shape index (κ2) is 9.67. The van der Waals surface area contributed by atoms with Crippen molar-refractivity contribution in [2.24, 2.45) is 0 Å². The lowest BCUT2D eigenvalue weighted by atomic mass is 9.84. The Balaban J connectivity index is 1.52. The number of phenolic OH excluding ortho intramolecular Hbond substituents is 5. The molecule has 5 rings (SSSR count). The molecule has 1 aliphatic rings. The van der Waals surface area contributed by atoms with Gasteiger partial charge in [0.05, 0.1) is 17.0 Å². The van der Waals surface area contributed by atoms with Gasteiger partial charge >= 0.3 is 0 Å². The number of allylic oxidation sites excluding steroid dienone is 1. The molecule has 8 heteroatoms. The van der Waals surface area contributed by atoms with Crippen LogP contribution in [-0.4, -0.2) is 37.1 Å². The zero-order valence-electron chi connectivity index (χ0n) is 19.8. The summed E-state index contributed by atoms with van der Waals surface area (Å²) in [5.74, 6) is -2.38. The Bertz CT molecular complexity index is 1590. The summed E-state index contributed by atoms with van der Waals surface area (Å²) in [6.45, 7) is 0. The van der Waals surface area contributed by atoms with E-state index in [0.29, 0.717) is 22.4 Å². The average Bonchev–Trinajstić information content (AvgIpc) is 3.26. The molecule has 0 saturated carbocycles. The Morgan fingerprint density at radius 2 is 1.29 bits per heavy atom. The molecule has 1 aliphatic heterocycles. The number of hydrogen-bond acceptors (Lipinski definition) is 8. The fraction of sp³-hybridized carbons (Fsp3) is 0.0667. The number of phenols is 5. The molecule has 2 atom stereocenters. The first-order valence-corrected chi connectivity index (χ1v) is 11.6. The molecule has 38 heavy (non-hydrogen) atoms. The maximum absolute atomic E-state index is 13.7. The molecule has 8 nitrogen and oxygen atoms in total. The summed E-state index contributed by atoms with van der Waals surface area (Å²) < 4.78 is 6.15. The molecule has 190 valence electrons. The summed E-state index contributed by atoms with van der Waals surface area (Å²) in [7, 11) is 0. The maximum Gasteiger partial charge on any atom is 0.189 e. The van der Waals surface area contributed by atoms with E-state index < -0.39 is 23.6 Å². The Morgan fingerprint density at radius 1 is 0.684 bits per heavy atom. The number of aromatic hydroxyl groups is 5. The third-order valence-corrected chi connectivity index (χ3v) is 6.35. The normalized spacial score (nSPS) is 16.2. The molecule has 0 radical (unpaired) electrons. The number of ketones is 2. The second-order valence-corrected chi connectivity index (χ2v) is 8.87. The van der Waals surface area contributed by atoms with Crippen LogP contribution in [0.1, 0.15) is 49.4 Å². The van der Waals surface area contributed by atoms with E-state index in [2.05, 4.69) is 0 Å². The fourth-order valence-electron chi connectivity index (χ4n) is 4.48. The SMILES string of the molecule is O=C(C=Cc1ccc2c(c1)[C@@H](C(=O)c1ccc(O)cc1O)[C@H](c1ccc(O)cc1)O2)c1ccc(O)cc1O. The van der Waals surface area contributed by atoms with Crippen LogP contribution in [-0.2, 0) is 0 Å². The van der Waals surface area contributed by atoms with Gasteiger partial charge < -0.3 is 30.3 Å². The van der Waals surface area contributed by atoms with Crippen molar-refractivity contribution in [2.45, 2.75) is 12.0 Å². The van der Waals surface area contributed by atoms with Gasteiger partial charge in [-0.2, -0.15) is 0 Å². The molecular weight excluding hydrogens is 488 g/mol. The maximum atomic E-state index is 13.7. The van der Waals surface area contributed by atoms with E-state index in [1.54, 1.807) is 30.3 Å². The summed E-state index contributed by atoms with van der Waals surface area (Å²) in [5, 5.41) is 49.2. The summed E-state index contributed by atoms with van der Waals surface area (Å²) in [5.41, 5.74) is 1.77. The van der Waals surface area contributed by atoms with Crippen LogP contribution < -0.4 is 4.74 Å². The number of Topliss-reactive ketones (excluding diaryl/α,β-unsaturated/α-hetero) is 1. The van der Waals surface area contributed by atoms with Gasteiger partial charge in [-0.1, -0.05) is 24.3 Å². The number of fused-ring (bicyclic) bond motifs is 1. The van der Waals surface area contributed by atoms with E-state index in [1.807, 2.05) is 0 Å². The van der Waals surface area contributed by atoms with Crippen molar-refractivity contribution in [1.82, 2.24) is 0 Å². The zero-order valence-corrected chi connectivity index (χ0v) is 19.8. The van der Waals surface area contributed by atoms with E-state index in [0.717, 1.165) is 12.1 Å². The highest BCUT2D eigenvalue weighted by Gasteiger charge is 2.41. The molecule has 0 amide bonds. The van der Waals surface area contributed by atoms with Crippen LogP contribution in [0.5, 0.6) is 34.5 Å². The quantitative estimate of drug-likeness (QED) is 0.176. The Kier molecular flexibility index (Phi) is 6.22. The lowest BCUT2D eigenvalue weighted by Crippen LogP contribution is -2.19. The van der Waals surface area contributed by atoms with Crippen LogP contribution in [0.25, 0.3) is 6.08 Å². The number of ether oxygens (including phenoxy) is 1. The van der Waals surface area contributed by atoms with Gasteiger partial charge in [-0.15, -0.1) is 0 Å². The summed E-state index contributed by atoms with van der Waals surface area (Å²) in [4.78, 5) is 26.3. The number of benzene rings is 4. The van der Waals surface area contributed by atoms with Crippen LogP contribution in [0.3, 0.4) is 0 Å². The third kappa shape index (κ3) is 4.62. The number of carbonyl (C=O) groups is 2. The minimum absolute atomic E-state index is 0.00644. The number of carbonyl (C=O) groups excluding carboxylic acids is 2. The highest BCUT2D eigenvalue weighted by atomic mass is 16.5. The van der Waals surface area contributed by atoms with Gasteiger partial charge in [-0.05, 0) is 65.7 Å². The third-order valence-electron chi connectivity index (χ3n) is 6.35. The van der Waals surface area contributed by atoms with Crippen LogP contribution in [0.15, 0.2) is 84.9 Å². The van der Waals surface area contributed by atoms with Crippen LogP contribution in [0.4, 0.5) is 0 Å². The number of rotatable bonds is 6. The van der Waals surface area contributed by atoms with E-state index in [9.17, 15) is 35.1 Å². The van der Waals surface area contributed by atoms with Crippen molar-refractivity contribution < 1.29 is 39.9 Å². The molecular formula is C30H22O8. The van der Waals surface area contributed by atoms with Gasteiger partial charge in [0.25, 0.3) is 0 Å². The van der Waals surface area contributed by atoms with E-state index >= 15 is 0 Å². The molecule has 0 aliphatic carbocycles. The Hall–Kier alpha value is -5.24. The van der Waals surface area contributed by atoms with E-state index in [-0.39, 0.29) is 39.9 Å². The first kappa shape index (κ1) is 24.5. The van der Waals surface area contributed by atoms with Gasteiger partial charge in [0.1, 0.15) is 40.6 Å².